The molecule has 0 unspecified atom stereocenters. The van der Waals surface area contributed by atoms with E-state index in [4.69, 9.17) is 10.5 Å². The number of nitrogens with two attached hydrogens (primary N) is 1. The lowest BCUT2D eigenvalue weighted by Gasteiger charge is -2.31. The molecule has 1 aromatic carbocycles. The van der Waals surface area contributed by atoms with Gasteiger partial charge in [-0.1, -0.05) is 43.2 Å². The van der Waals surface area contributed by atoms with E-state index in [1.807, 2.05) is 24.3 Å². The van der Waals surface area contributed by atoms with Gasteiger partial charge in [0.1, 0.15) is 5.75 Å². The number of piperidine rings is 1. The van der Waals surface area contributed by atoms with Crippen LogP contribution in [-0.2, 0) is 9.59 Å². The Morgan fingerprint density at radius 1 is 1.12 bits per heavy atom. The topological polar surface area (TPSA) is 103 Å². The highest BCUT2D eigenvalue weighted by atomic mass is 32.2. The first-order valence-electron chi connectivity index (χ1n) is 11.4. The van der Waals surface area contributed by atoms with Crippen molar-refractivity contribution in [2.75, 3.05) is 26.0 Å². The van der Waals surface area contributed by atoms with Gasteiger partial charge in [0.15, 0.2) is 11.0 Å². The molecule has 4 rings (SSSR count). The first-order chi connectivity index (χ1) is 15.6. The van der Waals surface area contributed by atoms with E-state index in [9.17, 15) is 9.59 Å². The summed E-state index contributed by atoms with van der Waals surface area (Å²) in [6, 6.07) is 8.15. The van der Waals surface area contributed by atoms with Crippen molar-refractivity contribution in [3.8, 4) is 17.1 Å². The summed E-state index contributed by atoms with van der Waals surface area (Å²) in [5.74, 6) is 1.25. The zero-order valence-corrected chi connectivity index (χ0v) is 19.4. The van der Waals surface area contributed by atoms with Crippen LogP contribution in [0.3, 0.4) is 0 Å². The Morgan fingerprint density at radius 3 is 2.66 bits per heavy atom. The van der Waals surface area contributed by atoms with Crippen LogP contribution >= 0.6 is 11.8 Å². The van der Waals surface area contributed by atoms with Crippen LogP contribution in [0.1, 0.15) is 51.0 Å². The molecular formula is C23H31N5O3S. The Morgan fingerprint density at radius 2 is 1.91 bits per heavy atom. The summed E-state index contributed by atoms with van der Waals surface area (Å²) >= 11 is 1.42. The van der Waals surface area contributed by atoms with Gasteiger partial charge < -0.3 is 15.4 Å². The van der Waals surface area contributed by atoms with Gasteiger partial charge in [-0.25, -0.2) is 0 Å². The Hall–Kier alpha value is -2.55. The van der Waals surface area contributed by atoms with E-state index in [1.54, 1.807) is 12.0 Å². The fourth-order valence-corrected chi connectivity index (χ4v) is 5.62. The number of benzene rings is 1. The number of para-hydroxylation sites is 1. The molecule has 32 heavy (non-hydrogen) atoms. The molecule has 1 aliphatic carbocycles. The summed E-state index contributed by atoms with van der Waals surface area (Å²) in [6.45, 7) is 1.08. The summed E-state index contributed by atoms with van der Waals surface area (Å²) in [5, 5.41) is 9.76. The minimum Gasteiger partial charge on any atom is -0.496 e. The van der Waals surface area contributed by atoms with Crippen LogP contribution in [0.15, 0.2) is 29.4 Å². The largest absolute Gasteiger partial charge is 0.496 e. The van der Waals surface area contributed by atoms with Gasteiger partial charge in [-0.3, -0.25) is 14.2 Å². The molecule has 2 fully saturated rings. The van der Waals surface area contributed by atoms with Crippen molar-refractivity contribution >= 4 is 23.6 Å². The van der Waals surface area contributed by atoms with Crippen molar-refractivity contribution in [1.82, 2.24) is 19.7 Å². The molecule has 1 atom stereocenters. The zero-order chi connectivity index (χ0) is 22.5. The monoisotopic (exact) mass is 457 g/mol. The maximum atomic E-state index is 12.9. The Kier molecular flexibility index (Phi) is 7.34. The van der Waals surface area contributed by atoms with Crippen LogP contribution in [-0.4, -0.2) is 57.4 Å². The van der Waals surface area contributed by atoms with Crippen LogP contribution in [0.4, 0.5) is 0 Å². The van der Waals surface area contributed by atoms with Crippen LogP contribution in [0, 0.1) is 5.92 Å². The molecule has 2 aliphatic rings. The van der Waals surface area contributed by atoms with Crippen molar-refractivity contribution in [2.45, 2.75) is 56.1 Å². The highest BCUT2D eigenvalue weighted by Gasteiger charge is 2.29. The number of rotatable bonds is 7. The van der Waals surface area contributed by atoms with Crippen molar-refractivity contribution in [2.24, 2.45) is 11.7 Å². The summed E-state index contributed by atoms with van der Waals surface area (Å²) in [7, 11) is 1.66. The highest BCUT2D eigenvalue weighted by molar-refractivity contribution is 7.99. The number of methoxy groups -OCH3 is 1. The molecule has 2 N–H and O–H groups in total. The zero-order valence-electron chi connectivity index (χ0n) is 18.5. The lowest BCUT2D eigenvalue weighted by atomic mass is 9.95. The standard InChI is InChI=1S/C23H31N5O3S/c1-31-19-12-6-5-11-18(19)22-25-26-23(28(22)17-9-3-2-4-10-17)32-15-20(29)27-13-7-8-16(14-27)21(24)30/h5-6,11-12,16-17H,2-4,7-10,13-15H2,1H3,(H2,24,30)/t16-/m0/s1. The number of primary amides is 1. The Labute approximate surface area is 192 Å². The van der Waals surface area contributed by atoms with Crippen LogP contribution in [0.2, 0.25) is 0 Å². The minimum atomic E-state index is -0.325. The quantitative estimate of drug-likeness (QED) is 0.640. The van der Waals surface area contributed by atoms with E-state index < -0.39 is 0 Å². The SMILES string of the molecule is COc1ccccc1-c1nnc(SCC(=O)N2CCC[C@H](C(N)=O)C2)n1C1CCCCC1. The second kappa shape index (κ2) is 10.4. The summed E-state index contributed by atoms with van der Waals surface area (Å²) < 4.78 is 7.78. The van der Waals surface area contributed by atoms with Gasteiger partial charge in [0.25, 0.3) is 0 Å². The van der Waals surface area contributed by atoms with Crippen LogP contribution in [0.25, 0.3) is 11.4 Å². The maximum Gasteiger partial charge on any atom is 0.233 e. The molecule has 8 nitrogen and oxygen atoms in total. The van der Waals surface area contributed by atoms with E-state index in [-0.39, 0.29) is 23.5 Å². The van der Waals surface area contributed by atoms with Gasteiger partial charge in [0, 0.05) is 19.1 Å². The van der Waals surface area contributed by atoms with Crippen molar-refractivity contribution in [1.29, 1.82) is 0 Å². The van der Waals surface area contributed by atoms with Crippen LogP contribution < -0.4 is 10.5 Å². The number of carbonyl (C=O) groups is 2. The van der Waals surface area contributed by atoms with E-state index in [2.05, 4.69) is 14.8 Å². The number of nitrogens with zero attached hydrogens (tertiary/aromatic N) is 4. The predicted octanol–water partition coefficient (Wildman–Crippen LogP) is 3.27. The first kappa shape index (κ1) is 22.6. The Bertz CT molecular complexity index is 957. The molecule has 1 aromatic heterocycles. The Balaban J connectivity index is 1.55. The molecule has 2 amide bonds. The summed E-state index contributed by atoms with van der Waals surface area (Å²) in [4.78, 5) is 26.2. The third-order valence-electron chi connectivity index (χ3n) is 6.45. The number of amides is 2. The molecule has 0 radical (unpaired) electrons. The highest BCUT2D eigenvalue weighted by Crippen LogP contribution is 2.38. The average molecular weight is 458 g/mol. The summed E-state index contributed by atoms with van der Waals surface area (Å²) in [5.41, 5.74) is 6.37. The average Bonchev–Trinajstić information content (AvgIpc) is 3.26. The lowest BCUT2D eigenvalue weighted by molar-refractivity contribution is -0.132. The van der Waals surface area contributed by atoms with Crippen molar-refractivity contribution in [3.63, 3.8) is 0 Å². The molecular weight excluding hydrogens is 426 g/mol. The number of aromatic nitrogens is 3. The van der Waals surface area contributed by atoms with Gasteiger partial charge in [-0.2, -0.15) is 0 Å². The fraction of sp³-hybridized carbons (Fsp3) is 0.565. The molecule has 2 heterocycles. The molecule has 2 aromatic rings. The minimum absolute atomic E-state index is 0.0120. The molecule has 1 saturated carbocycles. The van der Waals surface area contributed by atoms with E-state index >= 15 is 0 Å². The normalized spacial score (nSPS) is 19.7. The molecule has 0 bridgehead atoms. The number of hydrogen-bond donors (Lipinski definition) is 1. The van der Waals surface area contributed by atoms with Gasteiger partial charge in [0.2, 0.25) is 11.8 Å². The predicted molar refractivity (Wildman–Crippen MR) is 123 cm³/mol. The number of carbonyl (C=O) groups excluding carboxylic acids is 2. The molecule has 1 aliphatic heterocycles. The third-order valence-corrected chi connectivity index (χ3v) is 7.38. The van der Waals surface area contributed by atoms with Gasteiger partial charge in [-0.15, -0.1) is 10.2 Å². The van der Waals surface area contributed by atoms with E-state index in [1.165, 1.54) is 31.0 Å². The number of hydrogen-bond acceptors (Lipinski definition) is 6. The van der Waals surface area contributed by atoms with Crippen molar-refractivity contribution in [3.05, 3.63) is 24.3 Å². The smallest absolute Gasteiger partial charge is 0.233 e. The van der Waals surface area contributed by atoms with E-state index in [0.29, 0.717) is 19.1 Å². The number of ether oxygens (including phenoxy) is 1. The second-order valence-corrected chi connectivity index (χ2v) is 9.48. The fourth-order valence-electron chi connectivity index (χ4n) is 4.71. The molecule has 172 valence electrons. The van der Waals surface area contributed by atoms with Gasteiger partial charge in [-0.05, 0) is 37.8 Å². The lowest BCUT2D eigenvalue weighted by Crippen LogP contribution is -2.44. The first-order valence-corrected chi connectivity index (χ1v) is 12.3. The number of likely N-dealkylation sites (tertiary alicyclic amines) is 1. The van der Waals surface area contributed by atoms with E-state index in [0.717, 1.165) is 48.0 Å². The van der Waals surface area contributed by atoms with Crippen LogP contribution in [0.5, 0.6) is 5.75 Å². The third kappa shape index (κ3) is 4.92. The second-order valence-electron chi connectivity index (χ2n) is 8.54. The molecule has 0 spiro atoms. The maximum absolute atomic E-state index is 12.9. The van der Waals surface area contributed by atoms with Gasteiger partial charge in [0.05, 0.1) is 24.3 Å². The molecule has 1 saturated heterocycles. The number of thioether (sulfide) groups is 1. The summed E-state index contributed by atoms with van der Waals surface area (Å²) in [6.07, 6.45) is 7.33. The van der Waals surface area contributed by atoms with Crippen molar-refractivity contribution < 1.29 is 14.3 Å². The van der Waals surface area contributed by atoms with Gasteiger partial charge >= 0.3 is 0 Å². The molecule has 9 heteroatoms.